The molecule has 0 radical (unpaired) electrons. The normalized spacial score (nSPS) is 24.4. The molecule has 0 aromatic heterocycles. The lowest BCUT2D eigenvalue weighted by Crippen LogP contribution is -2.58. The van der Waals surface area contributed by atoms with Crippen LogP contribution in [0.2, 0.25) is 5.02 Å². The van der Waals surface area contributed by atoms with Gasteiger partial charge in [-0.25, -0.2) is 0 Å². The fourth-order valence-corrected chi connectivity index (χ4v) is 4.76. The van der Waals surface area contributed by atoms with Gasteiger partial charge in [0.1, 0.15) is 0 Å². The van der Waals surface area contributed by atoms with Gasteiger partial charge in [-0.2, -0.15) is 0 Å². The van der Waals surface area contributed by atoms with Gasteiger partial charge in [-0.1, -0.05) is 29.8 Å². The lowest BCUT2D eigenvalue weighted by atomic mass is 9.97. The van der Waals surface area contributed by atoms with Crippen LogP contribution in [0, 0.1) is 0 Å². The molecule has 2 aliphatic rings. The molecule has 2 fully saturated rings. The first-order valence-corrected chi connectivity index (χ1v) is 10.5. The minimum atomic E-state index is 0.270. The van der Waals surface area contributed by atoms with Gasteiger partial charge in [0.25, 0.3) is 0 Å². The monoisotopic (exact) mass is 379 g/mol. The maximum atomic E-state index is 9.60. The van der Waals surface area contributed by atoms with Gasteiger partial charge in [0, 0.05) is 55.9 Å². The summed E-state index contributed by atoms with van der Waals surface area (Å²) in [6.45, 7) is 11.4. The van der Waals surface area contributed by atoms with Crippen LogP contribution in [0.1, 0.15) is 38.7 Å². The minimum absolute atomic E-state index is 0.270. The van der Waals surface area contributed by atoms with E-state index in [4.69, 9.17) is 11.6 Å². The van der Waals surface area contributed by atoms with Crippen LogP contribution < -0.4 is 0 Å². The van der Waals surface area contributed by atoms with Crippen LogP contribution in [0.15, 0.2) is 24.3 Å². The second kappa shape index (κ2) is 9.52. The Kier molecular flexibility index (Phi) is 7.35. The average molecular weight is 380 g/mol. The Morgan fingerprint density at radius 1 is 1.12 bits per heavy atom. The smallest absolute Gasteiger partial charge is 0.0451 e. The standard InChI is InChI=1S/C21H34ClN3O/c1-17(2)24-10-7-19(8-11-24)25-13-12-23(16-20(25)9-14-26)15-18-5-3-4-6-21(18)22/h3-6,17,19-20,26H,7-16H2,1-2H3/t20-/m1/s1. The van der Waals surface area contributed by atoms with Gasteiger partial charge in [0.05, 0.1) is 0 Å². The highest BCUT2D eigenvalue weighted by molar-refractivity contribution is 6.31. The van der Waals surface area contributed by atoms with Crippen LogP contribution in [-0.4, -0.2) is 77.3 Å². The zero-order valence-corrected chi connectivity index (χ0v) is 17.0. The van der Waals surface area contributed by atoms with Crippen molar-refractivity contribution in [3.05, 3.63) is 34.9 Å². The van der Waals surface area contributed by atoms with Gasteiger partial charge in [0.2, 0.25) is 0 Å². The molecule has 0 saturated carbocycles. The van der Waals surface area contributed by atoms with Crippen LogP contribution in [0.5, 0.6) is 0 Å². The summed E-state index contributed by atoms with van der Waals surface area (Å²) in [4.78, 5) is 7.78. The summed E-state index contributed by atoms with van der Waals surface area (Å²) in [5.74, 6) is 0. The molecule has 2 aliphatic heterocycles. The molecular weight excluding hydrogens is 346 g/mol. The third kappa shape index (κ3) is 4.99. The molecule has 2 heterocycles. The molecule has 146 valence electrons. The van der Waals surface area contributed by atoms with Gasteiger partial charge in [0.15, 0.2) is 0 Å². The van der Waals surface area contributed by atoms with E-state index in [9.17, 15) is 5.11 Å². The van der Waals surface area contributed by atoms with Gasteiger partial charge in [-0.05, 0) is 57.8 Å². The topological polar surface area (TPSA) is 30.0 Å². The van der Waals surface area contributed by atoms with E-state index in [0.29, 0.717) is 18.1 Å². The van der Waals surface area contributed by atoms with E-state index in [1.165, 1.54) is 31.5 Å². The average Bonchev–Trinajstić information content (AvgIpc) is 2.64. The molecule has 0 unspecified atom stereocenters. The number of likely N-dealkylation sites (tertiary alicyclic amines) is 1. The Hall–Kier alpha value is -0.650. The summed E-state index contributed by atoms with van der Waals surface area (Å²) in [6, 6.07) is 9.91. The van der Waals surface area contributed by atoms with E-state index in [2.05, 4.69) is 40.7 Å². The van der Waals surface area contributed by atoms with Crippen molar-refractivity contribution in [1.82, 2.24) is 14.7 Å². The summed E-state index contributed by atoms with van der Waals surface area (Å²) in [6.07, 6.45) is 3.37. The molecule has 5 heteroatoms. The quantitative estimate of drug-likeness (QED) is 0.822. The molecule has 4 nitrogen and oxygen atoms in total. The van der Waals surface area contributed by atoms with Crippen LogP contribution in [0.25, 0.3) is 0 Å². The number of aliphatic hydroxyl groups is 1. The van der Waals surface area contributed by atoms with Crippen LogP contribution >= 0.6 is 11.6 Å². The summed E-state index contributed by atoms with van der Waals surface area (Å²) in [5, 5.41) is 10.5. The fourth-order valence-electron chi connectivity index (χ4n) is 4.57. The minimum Gasteiger partial charge on any atom is -0.396 e. The molecule has 0 amide bonds. The van der Waals surface area contributed by atoms with E-state index >= 15 is 0 Å². The summed E-state index contributed by atoms with van der Waals surface area (Å²) in [7, 11) is 0. The van der Waals surface area contributed by atoms with Crippen molar-refractivity contribution in [2.75, 3.05) is 39.3 Å². The molecule has 2 saturated heterocycles. The van der Waals surface area contributed by atoms with Crippen LogP contribution in [0.4, 0.5) is 0 Å². The number of hydrogen-bond donors (Lipinski definition) is 1. The number of piperazine rings is 1. The lowest BCUT2D eigenvalue weighted by Gasteiger charge is -2.48. The Balaban J connectivity index is 1.59. The fraction of sp³-hybridized carbons (Fsp3) is 0.714. The Labute approximate surface area is 163 Å². The summed E-state index contributed by atoms with van der Waals surface area (Å²) in [5.41, 5.74) is 1.20. The molecule has 1 N–H and O–H groups in total. The molecule has 0 bridgehead atoms. The number of piperidine rings is 1. The number of nitrogens with zero attached hydrogens (tertiary/aromatic N) is 3. The maximum Gasteiger partial charge on any atom is 0.0451 e. The zero-order chi connectivity index (χ0) is 18.5. The Morgan fingerprint density at radius 3 is 2.50 bits per heavy atom. The van der Waals surface area contributed by atoms with Crippen molar-refractivity contribution in [2.24, 2.45) is 0 Å². The van der Waals surface area contributed by atoms with Gasteiger partial charge >= 0.3 is 0 Å². The van der Waals surface area contributed by atoms with Crippen molar-refractivity contribution in [2.45, 2.75) is 57.8 Å². The van der Waals surface area contributed by atoms with E-state index in [-0.39, 0.29) is 6.61 Å². The Morgan fingerprint density at radius 2 is 1.85 bits per heavy atom. The molecule has 3 rings (SSSR count). The molecule has 26 heavy (non-hydrogen) atoms. The third-order valence-electron chi connectivity index (χ3n) is 6.12. The summed E-state index contributed by atoms with van der Waals surface area (Å²) < 4.78 is 0. The number of rotatable bonds is 6. The van der Waals surface area contributed by atoms with Gasteiger partial charge < -0.3 is 10.0 Å². The van der Waals surface area contributed by atoms with Crippen molar-refractivity contribution in [1.29, 1.82) is 0 Å². The number of benzene rings is 1. The molecule has 0 aliphatic carbocycles. The first-order chi connectivity index (χ1) is 12.6. The molecule has 1 atom stereocenters. The largest absolute Gasteiger partial charge is 0.396 e. The first kappa shape index (κ1) is 20.1. The number of aliphatic hydroxyl groups excluding tert-OH is 1. The predicted octanol–water partition coefficient (Wildman–Crippen LogP) is 3.08. The van der Waals surface area contributed by atoms with Gasteiger partial charge in [-0.15, -0.1) is 0 Å². The highest BCUT2D eigenvalue weighted by Gasteiger charge is 2.33. The van der Waals surface area contributed by atoms with Crippen molar-refractivity contribution >= 4 is 11.6 Å². The van der Waals surface area contributed by atoms with Gasteiger partial charge in [-0.3, -0.25) is 9.80 Å². The second-order valence-corrected chi connectivity index (χ2v) is 8.50. The number of hydrogen-bond acceptors (Lipinski definition) is 4. The van der Waals surface area contributed by atoms with E-state index in [0.717, 1.165) is 37.6 Å². The van der Waals surface area contributed by atoms with E-state index in [1.54, 1.807) is 0 Å². The van der Waals surface area contributed by atoms with Crippen molar-refractivity contribution < 1.29 is 5.11 Å². The first-order valence-electron chi connectivity index (χ1n) is 10.1. The molecular formula is C21H34ClN3O. The third-order valence-corrected chi connectivity index (χ3v) is 6.49. The molecule has 1 aromatic rings. The van der Waals surface area contributed by atoms with Crippen LogP contribution in [0.3, 0.4) is 0 Å². The summed E-state index contributed by atoms with van der Waals surface area (Å²) >= 11 is 6.35. The molecule has 0 spiro atoms. The van der Waals surface area contributed by atoms with E-state index in [1.807, 2.05) is 12.1 Å². The SMILES string of the molecule is CC(C)N1CCC(N2CCN(Cc3ccccc3Cl)C[C@H]2CCO)CC1. The van der Waals surface area contributed by atoms with Crippen LogP contribution in [-0.2, 0) is 6.54 Å². The van der Waals surface area contributed by atoms with E-state index < -0.39 is 0 Å². The lowest BCUT2D eigenvalue weighted by molar-refractivity contribution is -0.0000232. The zero-order valence-electron chi connectivity index (χ0n) is 16.3. The highest BCUT2D eigenvalue weighted by atomic mass is 35.5. The molecule has 1 aromatic carbocycles. The van der Waals surface area contributed by atoms with Crippen molar-refractivity contribution in [3.63, 3.8) is 0 Å². The maximum absolute atomic E-state index is 9.60. The Bertz CT molecular complexity index is 560. The van der Waals surface area contributed by atoms with Crippen molar-refractivity contribution in [3.8, 4) is 0 Å². The highest BCUT2D eigenvalue weighted by Crippen LogP contribution is 2.26. The second-order valence-electron chi connectivity index (χ2n) is 8.09. The predicted molar refractivity (Wildman–Crippen MR) is 109 cm³/mol. The number of halogens is 1.